The standard InChI is InChI=1S/C19H27NO3/c1-2-3-4-14-5-7-15(8-6-14)19(21)20-16-9-10-17-18(13-16)23-12-11-22-17/h9-10,13-15H,2-8,11-12H2,1H3,(H,20,21). The minimum Gasteiger partial charge on any atom is -0.486 e. The van der Waals surface area contributed by atoms with Crippen LogP contribution in [0.25, 0.3) is 0 Å². The molecule has 126 valence electrons. The zero-order chi connectivity index (χ0) is 16.1. The van der Waals surface area contributed by atoms with Crippen molar-refractivity contribution in [3.63, 3.8) is 0 Å². The number of nitrogens with one attached hydrogen (secondary N) is 1. The molecule has 1 amide bonds. The maximum absolute atomic E-state index is 12.5. The van der Waals surface area contributed by atoms with E-state index in [9.17, 15) is 4.79 Å². The molecule has 0 radical (unpaired) electrons. The highest BCUT2D eigenvalue weighted by molar-refractivity contribution is 5.92. The Morgan fingerprint density at radius 3 is 2.61 bits per heavy atom. The number of hydrogen-bond donors (Lipinski definition) is 1. The summed E-state index contributed by atoms with van der Waals surface area (Å²) in [5, 5.41) is 3.05. The van der Waals surface area contributed by atoms with Gasteiger partial charge in [0.25, 0.3) is 0 Å². The van der Waals surface area contributed by atoms with Crippen LogP contribution in [-0.2, 0) is 4.79 Å². The minimum absolute atomic E-state index is 0.149. The van der Waals surface area contributed by atoms with Crippen LogP contribution in [0.1, 0.15) is 51.9 Å². The van der Waals surface area contributed by atoms with Crippen LogP contribution in [0.3, 0.4) is 0 Å². The van der Waals surface area contributed by atoms with Crippen LogP contribution in [0.4, 0.5) is 5.69 Å². The molecule has 2 aliphatic rings. The monoisotopic (exact) mass is 317 g/mol. The molecule has 0 unspecified atom stereocenters. The Kier molecular flexibility index (Phi) is 5.42. The topological polar surface area (TPSA) is 47.6 Å². The van der Waals surface area contributed by atoms with E-state index in [1.54, 1.807) is 0 Å². The molecule has 1 heterocycles. The van der Waals surface area contributed by atoms with Crippen molar-refractivity contribution >= 4 is 11.6 Å². The predicted octanol–water partition coefficient (Wildman–Crippen LogP) is 4.39. The Morgan fingerprint density at radius 1 is 1.13 bits per heavy atom. The molecular formula is C19H27NO3. The number of amides is 1. The largest absolute Gasteiger partial charge is 0.486 e. The van der Waals surface area contributed by atoms with Crippen molar-refractivity contribution in [2.24, 2.45) is 11.8 Å². The second kappa shape index (κ2) is 7.71. The van der Waals surface area contributed by atoms with Crippen LogP contribution in [0.5, 0.6) is 11.5 Å². The maximum atomic E-state index is 12.5. The summed E-state index contributed by atoms with van der Waals surface area (Å²) in [6, 6.07) is 5.61. The van der Waals surface area contributed by atoms with Gasteiger partial charge in [0.05, 0.1) is 0 Å². The normalized spacial score (nSPS) is 23.3. The second-order valence-electron chi connectivity index (χ2n) is 6.71. The highest BCUT2D eigenvalue weighted by atomic mass is 16.6. The first-order chi connectivity index (χ1) is 11.3. The summed E-state index contributed by atoms with van der Waals surface area (Å²) in [5.41, 5.74) is 0.798. The predicted molar refractivity (Wildman–Crippen MR) is 91.0 cm³/mol. The van der Waals surface area contributed by atoms with Gasteiger partial charge in [-0.3, -0.25) is 4.79 Å². The van der Waals surface area contributed by atoms with Gasteiger partial charge in [-0.15, -0.1) is 0 Å². The second-order valence-corrected chi connectivity index (χ2v) is 6.71. The van der Waals surface area contributed by atoms with Crippen LogP contribution in [-0.4, -0.2) is 19.1 Å². The van der Waals surface area contributed by atoms with E-state index in [4.69, 9.17) is 9.47 Å². The summed E-state index contributed by atoms with van der Waals surface area (Å²) in [6.45, 7) is 3.39. The third kappa shape index (κ3) is 4.18. The molecule has 1 aliphatic heterocycles. The van der Waals surface area contributed by atoms with Gasteiger partial charge in [-0.1, -0.05) is 26.2 Å². The zero-order valence-electron chi connectivity index (χ0n) is 14.0. The van der Waals surface area contributed by atoms with E-state index in [0.717, 1.165) is 35.9 Å². The van der Waals surface area contributed by atoms with E-state index in [1.165, 1.54) is 32.1 Å². The molecule has 0 bridgehead atoms. The van der Waals surface area contributed by atoms with E-state index in [2.05, 4.69) is 12.2 Å². The number of unbranched alkanes of at least 4 members (excludes halogenated alkanes) is 1. The summed E-state index contributed by atoms with van der Waals surface area (Å²) in [7, 11) is 0. The number of fused-ring (bicyclic) bond motifs is 1. The lowest BCUT2D eigenvalue weighted by molar-refractivity contribution is -0.121. The smallest absolute Gasteiger partial charge is 0.227 e. The van der Waals surface area contributed by atoms with Gasteiger partial charge in [-0.25, -0.2) is 0 Å². The third-order valence-corrected chi connectivity index (χ3v) is 4.99. The van der Waals surface area contributed by atoms with Crippen molar-refractivity contribution in [2.45, 2.75) is 51.9 Å². The van der Waals surface area contributed by atoms with Crippen molar-refractivity contribution in [3.8, 4) is 11.5 Å². The first-order valence-corrected chi connectivity index (χ1v) is 8.96. The van der Waals surface area contributed by atoms with Gasteiger partial charge in [0.2, 0.25) is 5.91 Å². The summed E-state index contributed by atoms with van der Waals surface area (Å²) in [5.74, 6) is 2.60. The fourth-order valence-corrected chi connectivity index (χ4v) is 3.57. The average molecular weight is 317 g/mol. The summed E-state index contributed by atoms with van der Waals surface area (Å²) in [4.78, 5) is 12.5. The van der Waals surface area contributed by atoms with E-state index in [-0.39, 0.29) is 11.8 Å². The number of ether oxygens (including phenoxy) is 2. The maximum Gasteiger partial charge on any atom is 0.227 e. The van der Waals surface area contributed by atoms with Crippen molar-refractivity contribution in [1.29, 1.82) is 0 Å². The van der Waals surface area contributed by atoms with E-state index >= 15 is 0 Å². The number of rotatable bonds is 5. The first kappa shape index (κ1) is 16.2. The molecule has 4 heteroatoms. The molecule has 0 atom stereocenters. The summed E-state index contributed by atoms with van der Waals surface area (Å²) >= 11 is 0. The molecule has 3 rings (SSSR count). The molecular weight excluding hydrogens is 290 g/mol. The third-order valence-electron chi connectivity index (χ3n) is 4.99. The highest BCUT2D eigenvalue weighted by Crippen LogP contribution is 2.35. The highest BCUT2D eigenvalue weighted by Gasteiger charge is 2.26. The molecule has 1 aromatic carbocycles. The fraction of sp³-hybridized carbons (Fsp3) is 0.632. The Labute approximate surface area is 138 Å². The van der Waals surface area contributed by atoms with Gasteiger partial charge < -0.3 is 14.8 Å². The van der Waals surface area contributed by atoms with Crippen molar-refractivity contribution < 1.29 is 14.3 Å². The Balaban J connectivity index is 1.52. The fourth-order valence-electron chi connectivity index (χ4n) is 3.57. The van der Waals surface area contributed by atoms with E-state index in [1.807, 2.05) is 18.2 Å². The number of benzene rings is 1. The Hall–Kier alpha value is -1.71. The van der Waals surface area contributed by atoms with Crippen molar-refractivity contribution in [2.75, 3.05) is 18.5 Å². The molecule has 0 saturated heterocycles. The lowest BCUT2D eigenvalue weighted by atomic mass is 9.79. The number of carbonyl (C=O) groups excluding carboxylic acids is 1. The molecule has 0 spiro atoms. The van der Waals surface area contributed by atoms with E-state index in [0.29, 0.717) is 13.2 Å². The van der Waals surface area contributed by atoms with Crippen LogP contribution < -0.4 is 14.8 Å². The van der Waals surface area contributed by atoms with Gasteiger partial charge in [-0.2, -0.15) is 0 Å². The zero-order valence-corrected chi connectivity index (χ0v) is 14.0. The lowest BCUT2D eigenvalue weighted by Gasteiger charge is -2.28. The van der Waals surface area contributed by atoms with Crippen LogP contribution in [0, 0.1) is 11.8 Å². The number of anilines is 1. The van der Waals surface area contributed by atoms with Crippen LogP contribution >= 0.6 is 0 Å². The minimum atomic E-state index is 0.149. The molecule has 1 aromatic rings. The Bertz CT molecular complexity index is 535. The van der Waals surface area contributed by atoms with Gasteiger partial charge >= 0.3 is 0 Å². The molecule has 1 aliphatic carbocycles. The van der Waals surface area contributed by atoms with Crippen LogP contribution in [0.15, 0.2) is 18.2 Å². The SMILES string of the molecule is CCCCC1CCC(C(=O)Nc2ccc3c(c2)OCCO3)CC1. The van der Waals surface area contributed by atoms with Gasteiger partial charge in [0, 0.05) is 17.7 Å². The molecule has 1 fully saturated rings. The van der Waals surface area contributed by atoms with Gasteiger partial charge in [0.15, 0.2) is 11.5 Å². The summed E-state index contributed by atoms with van der Waals surface area (Å²) in [6.07, 6.45) is 8.34. The molecule has 0 aromatic heterocycles. The van der Waals surface area contributed by atoms with Crippen molar-refractivity contribution in [1.82, 2.24) is 0 Å². The van der Waals surface area contributed by atoms with Crippen LogP contribution in [0.2, 0.25) is 0 Å². The lowest BCUT2D eigenvalue weighted by Crippen LogP contribution is -2.27. The average Bonchev–Trinajstić information content (AvgIpc) is 2.60. The van der Waals surface area contributed by atoms with Gasteiger partial charge in [-0.05, 0) is 43.7 Å². The molecule has 1 N–H and O–H groups in total. The molecule has 4 nitrogen and oxygen atoms in total. The Morgan fingerprint density at radius 2 is 1.87 bits per heavy atom. The molecule has 23 heavy (non-hydrogen) atoms. The number of carbonyl (C=O) groups is 1. The van der Waals surface area contributed by atoms with Crippen molar-refractivity contribution in [3.05, 3.63) is 18.2 Å². The van der Waals surface area contributed by atoms with E-state index < -0.39 is 0 Å². The quantitative estimate of drug-likeness (QED) is 0.876. The van der Waals surface area contributed by atoms with Gasteiger partial charge in [0.1, 0.15) is 13.2 Å². The summed E-state index contributed by atoms with van der Waals surface area (Å²) < 4.78 is 11.1. The first-order valence-electron chi connectivity index (χ1n) is 8.96. The number of hydrogen-bond acceptors (Lipinski definition) is 3. The molecule has 1 saturated carbocycles.